The fraction of sp³-hybridized carbons (Fsp3) is 0.200. The van der Waals surface area contributed by atoms with Crippen LogP contribution in [0.2, 0.25) is 0 Å². The molecule has 0 spiro atoms. The van der Waals surface area contributed by atoms with E-state index in [1.807, 2.05) is 32.0 Å². The molecule has 0 aliphatic carbocycles. The number of nitrogens with two attached hydrogens (primary N) is 1. The van der Waals surface area contributed by atoms with Crippen molar-refractivity contribution in [3.8, 4) is 5.75 Å². The van der Waals surface area contributed by atoms with Gasteiger partial charge in [0, 0.05) is 11.3 Å². The molecule has 2 aromatic rings. The molecule has 2 nitrogen and oxygen atoms in total. The molecule has 3 heteroatoms. The van der Waals surface area contributed by atoms with Gasteiger partial charge >= 0.3 is 0 Å². The van der Waals surface area contributed by atoms with Crippen LogP contribution in [0.4, 0.5) is 10.1 Å². The molecule has 94 valence electrons. The number of hydrogen-bond acceptors (Lipinski definition) is 2. The number of benzene rings is 2. The fourth-order valence-electron chi connectivity index (χ4n) is 1.72. The smallest absolute Gasteiger partial charge is 0.125 e. The summed E-state index contributed by atoms with van der Waals surface area (Å²) < 4.78 is 18.6. The van der Waals surface area contributed by atoms with E-state index in [9.17, 15) is 4.39 Å². The van der Waals surface area contributed by atoms with Gasteiger partial charge in [-0.05, 0) is 43.2 Å². The summed E-state index contributed by atoms with van der Waals surface area (Å²) in [4.78, 5) is 0. The molecule has 0 saturated carbocycles. The number of halogens is 1. The van der Waals surface area contributed by atoms with Crippen molar-refractivity contribution in [1.82, 2.24) is 0 Å². The van der Waals surface area contributed by atoms with Gasteiger partial charge < -0.3 is 10.5 Å². The van der Waals surface area contributed by atoms with Gasteiger partial charge in [0.05, 0.1) is 0 Å². The molecule has 0 atom stereocenters. The Hall–Kier alpha value is -2.03. The van der Waals surface area contributed by atoms with Crippen molar-refractivity contribution in [2.24, 2.45) is 0 Å². The number of nitrogen functional groups attached to an aromatic ring is 1. The first-order chi connectivity index (χ1) is 8.56. The third kappa shape index (κ3) is 2.80. The van der Waals surface area contributed by atoms with E-state index in [0.29, 0.717) is 12.3 Å². The normalized spacial score (nSPS) is 10.4. The van der Waals surface area contributed by atoms with Gasteiger partial charge in [0.2, 0.25) is 0 Å². The van der Waals surface area contributed by atoms with Gasteiger partial charge in [-0.2, -0.15) is 0 Å². The van der Waals surface area contributed by atoms with Crippen molar-refractivity contribution >= 4 is 5.69 Å². The van der Waals surface area contributed by atoms with E-state index in [0.717, 1.165) is 22.4 Å². The Morgan fingerprint density at radius 2 is 1.89 bits per heavy atom. The van der Waals surface area contributed by atoms with Crippen LogP contribution in [-0.2, 0) is 6.61 Å². The fourth-order valence-corrected chi connectivity index (χ4v) is 1.72. The summed E-state index contributed by atoms with van der Waals surface area (Å²) in [7, 11) is 0. The summed E-state index contributed by atoms with van der Waals surface area (Å²) in [6.45, 7) is 4.34. The summed E-state index contributed by atoms with van der Waals surface area (Å²) in [6, 6.07) is 10.4. The standard InChI is InChI=1S/C15H16FNO/c1-10-3-4-11(2)15(7-10)18-9-12-5-6-13(16)8-14(12)17/h3-8H,9,17H2,1-2H3. The number of aryl methyl sites for hydroxylation is 2. The quantitative estimate of drug-likeness (QED) is 0.838. The van der Waals surface area contributed by atoms with Gasteiger partial charge in [-0.1, -0.05) is 18.2 Å². The highest BCUT2D eigenvalue weighted by molar-refractivity contribution is 5.47. The zero-order chi connectivity index (χ0) is 13.1. The minimum atomic E-state index is -0.331. The Bertz CT molecular complexity index is 566. The van der Waals surface area contributed by atoms with Crippen LogP contribution in [0.5, 0.6) is 5.75 Å². The van der Waals surface area contributed by atoms with Crippen molar-refractivity contribution < 1.29 is 9.13 Å². The average molecular weight is 245 g/mol. The van der Waals surface area contributed by atoms with Crippen molar-refractivity contribution in [3.05, 3.63) is 58.9 Å². The van der Waals surface area contributed by atoms with E-state index in [-0.39, 0.29) is 5.82 Å². The summed E-state index contributed by atoms with van der Waals surface area (Å²) in [6.07, 6.45) is 0. The zero-order valence-corrected chi connectivity index (χ0v) is 10.5. The lowest BCUT2D eigenvalue weighted by Crippen LogP contribution is -2.01. The van der Waals surface area contributed by atoms with E-state index < -0.39 is 0 Å². The monoisotopic (exact) mass is 245 g/mol. The van der Waals surface area contributed by atoms with Gasteiger partial charge in [0.25, 0.3) is 0 Å². The van der Waals surface area contributed by atoms with Gasteiger partial charge in [0.1, 0.15) is 18.2 Å². The Morgan fingerprint density at radius 1 is 1.11 bits per heavy atom. The third-order valence-corrected chi connectivity index (χ3v) is 2.83. The van der Waals surface area contributed by atoms with Crippen LogP contribution in [0.3, 0.4) is 0 Å². The molecule has 0 saturated heterocycles. The molecule has 2 rings (SSSR count). The van der Waals surface area contributed by atoms with Crippen LogP contribution in [0.1, 0.15) is 16.7 Å². The Balaban J connectivity index is 2.13. The van der Waals surface area contributed by atoms with Gasteiger partial charge in [-0.15, -0.1) is 0 Å². The maximum absolute atomic E-state index is 12.9. The molecule has 0 heterocycles. The first-order valence-electron chi connectivity index (χ1n) is 5.80. The maximum Gasteiger partial charge on any atom is 0.125 e. The summed E-state index contributed by atoms with van der Waals surface area (Å²) in [5, 5.41) is 0. The predicted molar refractivity (Wildman–Crippen MR) is 71.1 cm³/mol. The second kappa shape index (κ2) is 5.08. The lowest BCUT2D eigenvalue weighted by Gasteiger charge is -2.11. The van der Waals surface area contributed by atoms with E-state index in [2.05, 4.69) is 0 Å². The van der Waals surface area contributed by atoms with Gasteiger partial charge in [-0.25, -0.2) is 4.39 Å². The van der Waals surface area contributed by atoms with Crippen LogP contribution in [0.15, 0.2) is 36.4 Å². The highest BCUT2D eigenvalue weighted by Gasteiger charge is 2.04. The summed E-state index contributed by atoms with van der Waals surface area (Å²) in [5.74, 6) is 0.502. The highest BCUT2D eigenvalue weighted by Crippen LogP contribution is 2.22. The molecule has 2 aromatic carbocycles. The number of rotatable bonds is 3. The van der Waals surface area contributed by atoms with Crippen LogP contribution < -0.4 is 10.5 Å². The lowest BCUT2D eigenvalue weighted by atomic mass is 10.1. The van der Waals surface area contributed by atoms with E-state index in [1.54, 1.807) is 6.07 Å². The van der Waals surface area contributed by atoms with Crippen molar-refractivity contribution in [2.75, 3.05) is 5.73 Å². The second-order valence-corrected chi connectivity index (χ2v) is 4.40. The van der Waals surface area contributed by atoms with E-state index >= 15 is 0 Å². The summed E-state index contributed by atoms with van der Waals surface area (Å²) >= 11 is 0. The van der Waals surface area contributed by atoms with Gasteiger partial charge in [-0.3, -0.25) is 0 Å². The molecule has 0 aromatic heterocycles. The number of hydrogen-bond donors (Lipinski definition) is 1. The largest absolute Gasteiger partial charge is 0.489 e. The zero-order valence-electron chi connectivity index (χ0n) is 10.5. The second-order valence-electron chi connectivity index (χ2n) is 4.40. The van der Waals surface area contributed by atoms with Crippen LogP contribution in [0.25, 0.3) is 0 Å². The average Bonchev–Trinajstić information content (AvgIpc) is 2.32. The molecule has 0 aliphatic rings. The molecular weight excluding hydrogens is 229 g/mol. The highest BCUT2D eigenvalue weighted by atomic mass is 19.1. The third-order valence-electron chi connectivity index (χ3n) is 2.83. The van der Waals surface area contributed by atoms with Crippen molar-refractivity contribution in [1.29, 1.82) is 0 Å². The molecular formula is C15H16FNO. The molecule has 0 amide bonds. The minimum Gasteiger partial charge on any atom is -0.489 e. The topological polar surface area (TPSA) is 35.2 Å². The maximum atomic E-state index is 12.9. The molecule has 0 aliphatic heterocycles. The minimum absolute atomic E-state index is 0.331. The van der Waals surface area contributed by atoms with Crippen LogP contribution in [-0.4, -0.2) is 0 Å². The Labute approximate surface area is 106 Å². The molecule has 0 unspecified atom stereocenters. The number of anilines is 1. The first-order valence-corrected chi connectivity index (χ1v) is 5.80. The SMILES string of the molecule is Cc1ccc(C)c(OCc2ccc(F)cc2N)c1. The van der Waals surface area contributed by atoms with Gasteiger partial charge in [0.15, 0.2) is 0 Å². The Morgan fingerprint density at radius 3 is 2.61 bits per heavy atom. The number of ether oxygens (including phenoxy) is 1. The predicted octanol–water partition coefficient (Wildman–Crippen LogP) is 3.60. The van der Waals surface area contributed by atoms with E-state index in [1.165, 1.54) is 12.1 Å². The van der Waals surface area contributed by atoms with E-state index in [4.69, 9.17) is 10.5 Å². The lowest BCUT2D eigenvalue weighted by molar-refractivity contribution is 0.304. The summed E-state index contributed by atoms with van der Waals surface area (Å²) in [5.41, 5.74) is 9.15. The van der Waals surface area contributed by atoms with Crippen LogP contribution in [0, 0.1) is 19.7 Å². The molecule has 0 radical (unpaired) electrons. The molecule has 18 heavy (non-hydrogen) atoms. The molecule has 0 bridgehead atoms. The van der Waals surface area contributed by atoms with Crippen molar-refractivity contribution in [2.45, 2.75) is 20.5 Å². The molecule has 2 N–H and O–H groups in total. The first kappa shape index (κ1) is 12.4. The van der Waals surface area contributed by atoms with Crippen LogP contribution >= 0.6 is 0 Å². The molecule has 0 fully saturated rings. The van der Waals surface area contributed by atoms with Crippen molar-refractivity contribution in [3.63, 3.8) is 0 Å². The Kier molecular flexibility index (Phi) is 3.51.